The molecule has 1 unspecified atom stereocenters. The van der Waals surface area contributed by atoms with Crippen molar-refractivity contribution in [2.24, 2.45) is 0 Å². The van der Waals surface area contributed by atoms with Gasteiger partial charge in [-0.1, -0.05) is 24.3 Å². The summed E-state index contributed by atoms with van der Waals surface area (Å²) in [5.74, 6) is -0.0161. The van der Waals surface area contributed by atoms with E-state index in [9.17, 15) is 4.79 Å². The Morgan fingerprint density at radius 2 is 2.11 bits per heavy atom. The number of hydrogen-bond donors (Lipinski definition) is 1. The van der Waals surface area contributed by atoms with E-state index < -0.39 is 0 Å². The van der Waals surface area contributed by atoms with Crippen LogP contribution in [0, 0.1) is 6.92 Å². The van der Waals surface area contributed by atoms with Gasteiger partial charge < -0.3 is 10.1 Å². The predicted octanol–water partition coefficient (Wildman–Crippen LogP) is 2.53. The normalized spacial score (nSPS) is 18.2. The lowest BCUT2D eigenvalue weighted by Crippen LogP contribution is -2.41. The monoisotopic (exact) mass is 247 g/mol. The molecule has 1 amide bonds. The minimum absolute atomic E-state index is 0.0161. The van der Waals surface area contributed by atoms with E-state index in [1.165, 1.54) is 11.1 Å². The number of nitrogens with one attached hydrogen (secondary N) is 1. The first-order chi connectivity index (χ1) is 8.59. The number of aryl methyl sites for hydroxylation is 1. The highest BCUT2D eigenvalue weighted by Gasteiger charge is 2.46. The van der Waals surface area contributed by atoms with E-state index in [2.05, 4.69) is 24.4 Å². The van der Waals surface area contributed by atoms with Crippen molar-refractivity contribution in [3.63, 3.8) is 0 Å². The van der Waals surface area contributed by atoms with Crippen LogP contribution in [0.4, 0.5) is 0 Å². The van der Waals surface area contributed by atoms with Gasteiger partial charge in [0.2, 0.25) is 5.91 Å². The lowest BCUT2D eigenvalue weighted by molar-refractivity contribution is -0.132. The van der Waals surface area contributed by atoms with E-state index in [1.54, 1.807) is 6.92 Å². The molecule has 2 rings (SSSR count). The third kappa shape index (κ3) is 2.56. The minimum Gasteiger partial charge on any atom is -0.369 e. The Morgan fingerprint density at radius 3 is 2.67 bits per heavy atom. The van der Waals surface area contributed by atoms with Crippen LogP contribution in [0.1, 0.15) is 37.8 Å². The second kappa shape index (κ2) is 5.11. The van der Waals surface area contributed by atoms with E-state index in [0.717, 1.165) is 12.8 Å². The smallest absolute Gasteiger partial charge is 0.249 e. The molecule has 1 aliphatic carbocycles. The Labute approximate surface area is 109 Å². The van der Waals surface area contributed by atoms with Crippen molar-refractivity contribution in [1.29, 1.82) is 0 Å². The number of rotatable bonds is 5. The molecule has 1 saturated carbocycles. The highest BCUT2D eigenvalue weighted by Crippen LogP contribution is 2.46. The highest BCUT2D eigenvalue weighted by atomic mass is 16.5. The largest absolute Gasteiger partial charge is 0.369 e. The number of ether oxygens (including phenoxy) is 1. The van der Waals surface area contributed by atoms with E-state index in [1.807, 2.05) is 19.1 Å². The molecular weight excluding hydrogens is 226 g/mol. The quantitative estimate of drug-likeness (QED) is 0.868. The van der Waals surface area contributed by atoms with Gasteiger partial charge in [-0.3, -0.25) is 4.79 Å². The highest BCUT2D eigenvalue weighted by molar-refractivity contribution is 5.81. The van der Waals surface area contributed by atoms with Crippen LogP contribution in [0.3, 0.4) is 0 Å². The summed E-state index contributed by atoms with van der Waals surface area (Å²) in [6.45, 7) is 6.35. The lowest BCUT2D eigenvalue weighted by Gasteiger charge is -2.22. The minimum atomic E-state index is -0.378. The van der Waals surface area contributed by atoms with Crippen LogP contribution < -0.4 is 5.32 Å². The fraction of sp³-hybridized carbons (Fsp3) is 0.533. The van der Waals surface area contributed by atoms with Crippen molar-refractivity contribution in [1.82, 2.24) is 5.32 Å². The summed E-state index contributed by atoms with van der Waals surface area (Å²) in [6, 6.07) is 8.25. The maximum Gasteiger partial charge on any atom is 0.249 e. The standard InChI is InChI=1S/C15H21NO2/c1-4-18-12(3)14(17)16-15(9-10-15)13-8-6-5-7-11(13)2/h5-8,12H,4,9-10H2,1-3H3,(H,16,17). The second-order valence-electron chi connectivity index (χ2n) is 4.98. The first kappa shape index (κ1) is 13.1. The summed E-state index contributed by atoms with van der Waals surface area (Å²) in [5.41, 5.74) is 2.33. The molecular formula is C15H21NO2. The molecule has 0 saturated heterocycles. The molecule has 3 nitrogen and oxygen atoms in total. The summed E-state index contributed by atoms with van der Waals surface area (Å²) in [6.07, 6.45) is 1.65. The Kier molecular flexibility index (Phi) is 3.71. The van der Waals surface area contributed by atoms with E-state index >= 15 is 0 Å². The molecule has 1 atom stereocenters. The third-order valence-electron chi connectivity index (χ3n) is 3.56. The number of carbonyl (C=O) groups excluding carboxylic acids is 1. The maximum atomic E-state index is 12.0. The maximum absolute atomic E-state index is 12.0. The van der Waals surface area contributed by atoms with Crippen LogP contribution >= 0.6 is 0 Å². The number of amides is 1. The van der Waals surface area contributed by atoms with Crippen LogP contribution in [0.15, 0.2) is 24.3 Å². The third-order valence-corrected chi connectivity index (χ3v) is 3.56. The van der Waals surface area contributed by atoms with Crippen LogP contribution in [-0.4, -0.2) is 18.6 Å². The molecule has 1 N–H and O–H groups in total. The van der Waals surface area contributed by atoms with Crippen molar-refractivity contribution in [3.8, 4) is 0 Å². The first-order valence-corrected chi connectivity index (χ1v) is 6.59. The van der Waals surface area contributed by atoms with Crippen molar-refractivity contribution in [2.75, 3.05) is 6.61 Å². The lowest BCUT2D eigenvalue weighted by atomic mass is 9.99. The van der Waals surface area contributed by atoms with Gasteiger partial charge in [0, 0.05) is 6.61 Å². The molecule has 98 valence electrons. The molecule has 1 fully saturated rings. The van der Waals surface area contributed by atoms with Crippen molar-refractivity contribution in [3.05, 3.63) is 35.4 Å². The molecule has 0 heterocycles. The van der Waals surface area contributed by atoms with Crippen molar-refractivity contribution < 1.29 is 9.53 Å². The predicted molar refractivity (Wildman–Crippen MR) is 71.3 cm³/mol. The zero-order valence-corrected chi connectivity index (χ0v) is 11.3. The molecule has 0 radical (unpaired) electrons. The summed E-state index contributed by atoms with van der Waals surface area (Å²) < 4.78 is 5.33. The van der Waals surface area contributed by atoms with Gasteiger partial charge in [0.15, 0.2) is 0 Å². The molecule has 3 heteroatoms. The molecule has 18 heavy (non-hydrogen) atoms. The Hall–Kier alpha value is -1.35. The molecule has 1 aromatic carbocycles. The molecule has 0 aliphatic heterocycles. The van der Waals surface area contributed by atoms with Gasteiger partial charge in [0.25, 0.3) is 0 Å². The van der Waals surface area contributed by atoms with Gasteiger partial charge in [0.1, 0.15) is 6.10 Å². The fourth-order valence-corrected chi connectivity index (χ4v) is 2.36. The summed E-state index contributed by atoms with van der Waals surface area (Å²) in [7, 11) is 0. The van der Waals surface area contributed by atoms with Crippen LogP contribution in [0.2, 0.25) is 0 Å². The zero-order valence-electron chi connectivity index (χ0n) is 11.3. The second-order valence-corrected chi connectivity index (χ2v) is 4.98. The van der Waals surface area contributed by atoms with Crippen molar-refractivity contribution >= 4 is 5.91 Å². The average molecular weight is 247 g/mol. The Morgan fingerprint density at radius 1 is 1.44 bits per heavy atom. The molecule has 1 aromatic rings. The Balaban J connectivity index is 2.09. The summed E-state index contributed by atoms with van der Waals surface area (Å²) in [5, 5.41) is 3.15. The van der Waals surface area contributed by atoms with Crippen LogP contribution in [-0.2, 0) is 15.1 Å². The topological polar surface area (TPSA) is 38.3 Å². The van der Waals surface area contributed by atoms with Crippen LogP contribution in [0.25, 0.3) is 0 Å². The van der Waals surface area contributed by atoms with E-state index in [-0.39, 0.29) is 17.6 Å². The summed E-state index contributed by atoms with van der Waals surface area (Å²) in [4.78, 5) is 12.0. The van der Waals surface area contributed by atoms with Crippen molar-refractivity contribution in [2.45, 2.75) is 45.3 Å². The summed E-state index contributed by atoms with van der Waals surface area (Å²) >= 11 is 0. The van der Waals surface area contributed by atoms with Gasteiger partial charge in [0.05, 0.1) is 5.54 Å². The molecule has 1 aliphatic rings. The fourth-order valence-electron chi connectivity index (χ4n) is 2.36. The van der Waals surface area contributed by atoms with Gasteiger partial charge >= 0.3 is 0 Å². The van der Waals surface area contributed by atoms with Gasteiger partial charge in [-0.2, -0.15) is 0 Å². The molecule has 0 aromatic heterocycles. The van der Waals surface area contributed by atoms with Gasteiger partial charge in [-0.05, 0) is 44.7 Å². The van der Waals surface area contributed by atoms with Crippen LogP contribution in [0.5, 0.6) is 0 Å². The van der Waals surface area contributed by atoms with E-state index in [0.29, 0.717) is 6.61 Å². The molecule has 0 bridgehead atoms. The van der Waals surface area contributed by atoms with Gasteiger partial charge in [-0.15, -0.1) is 0 Å². The Bertz CT molecular complexity index is 438. The number of carbonyl (C=O) groups is 1. The average Bonchev–Trinajstić information content (AvgIpc) is 3.10. The first-order valence-electron chi connectivity index (χ1n) is 6.59. The molecule has 0 spiro atoms. The zero-order chi connectivity index (χ0) is 13.2. The van der Waals surface area contributed by atoms with E-state index in [4.69, 9.17) is 4.74 Å². The van der Waals surface area contributed by atoms with Gasteiger partial charge in [-0.25, -0.2) is 0 Å². The number of hydrogen-bond acceptors (Lipinski definition) is 2. The number of benzene rings is 1. The SMILES string of the molecule is CCOC(C)C(=O)NC1(c2ccccc2C)CC1.